The minimum atomic E-state index is -0.491. The molecule has 23 heavy (non-hydrogen) atoms. The highest BCUT2D eigenvalue weighted by Crippen LogP contribution is 2.67. The van der Waals surface area contributed by atoms with Crippen molar-refractivity contribution < 1.29 is 9.90 Å². The molecule has 0 aromatic heterocycles. The van der Waals surface area contributed by atoms with E-state index in [9.17, 15) is 9.90 Å². The van der Waals surface area contributed by atoms with Crippen molar-refractivity contribution in [2.24, 2.45) is 34.5 Å². The summed E-state index contributed by atoms with van der Waals surface area (Å²) >= 11 is 0. The fourth-order valence-corrected chi connectivity index (χ4v) is 7.14. The maximum absolute atomic E-state index is 12.2. The molecule has 3 fully saturated rings. The van der Waals surface area contributed by atoms with Gasteiger partial charge in [-0.05, 0) is 86.5 Å². The lowest BCUT2D eigenvalue weighted by Gasteiger charge is -2.59. The van der Waals surface area contributed by atoms with Crippen molar-refractivity contribution in [2.75, 3.05) is 0 Å². The summed E-state index contributed by atoms with van der Waals surface area (Å²) < 4.78 is 0. The van der Waals surface area contributed by atoms with E-state index < -0.39 is 5.60 Å². The number of allylic oxidation sites excluding steroid dienone is 1. The van der Waals surface area contributed by atoms with Crippen LogP contribution in [-0.4, -0.2) is 16.5 Å². The van der Waals surface area contributed by atoms with Crippen molar-refractivity contribution in [1.29, 1.82) is 0 Å². The van der Waals surface area contributed by atoms with Crippen LogP contribution in [0, 0.1) is 34.5 Å². The Balaban J connectivity index is 1.70. The van der Waals surface area contributed by atoms with Crippen molar-refractivity contribution in [3.8, 4) is 0 Å². The lowest BCUT2D eigenvalue weighted by molar-refractivity contribution is -0.128. The van der Waals surface area contributed by atoms with Gasteiger partial charge < -0.3 is 5.11 Å². The van der Waals surface area contributed by atoms with Gasteiger partial charge in [0.05, 0.1) is 5.60 Å². The van der Waals surface area contributed by atoms with Crippen LogP contribution in [-0.2, 0) is 4.79 Å². The zero-order chi connectivity index (χ0) is 16.6. The predicted octanol–water partition coefficient (Wildman–Crippen LogP) is 4.52. The third-order valence-electron chi connectivity index (χ3n) is 8.83. The zero-order valence-corrected chi connectivity index (χ0v) is 15.2. The Hall–Kier alpha value is -0.630. The van der Waals surface area contributed by atoms with Gasteiger partial charge in [-0.2, -0.15) is 0 Å². The molecule has 0 amide bonds. The first-order valence-corrected chi connectivity index (χ1v) is 9.66. The van der Waals surface area contributed by atoms with Crippen molar-refractivity contribution in [2.45, 2.75) is 78.2 Å². The van der Waals surface area contributed by atoms with Gasteiger partial charge in [-0.3, -0.25) is 4.79 Å². The molecule has 4 aliphatic carbocycles. The Morgan fingerprint density at radius 1 is 1.09 bits per heavy atom. The van der Waals surface area contributed by atoms with Gasteiger partial charge in [-0.15, -0.1) is 0 Å². The minimum Gasteiger partial charge on any atom is -0.390 e. The first kappa shape index (κ1) is 15.9. The largest absolute Gasteiger partial charge is 0.390 e. The summed E-state index contributed by atoms with van der Waals surface area (Å²) in [6.07, 6.45) is 9.90. The number of ketones is 1. The molecule has 1 N–H and O–H groups in total. The maximum atomic E-state index is 12.2. The quantitative estimate of drug-likeness (QED) is 0.713. The predicted molar refractivity (Wildman–Crippen MR) is 91.9 cm³/mol. The van der Waals surface area contributed by atoms with Crippen LogP contribution >= 0.6 is 0 Å². The Kier molecular flexibility index (Phi) is 3.25. The highest BCUT2D eigenvalue weighted by Gasteiger charge is 2.62. The SMILES string of the molecule is C[C@@H]1C[C@]2(C)C(=CC1=O)CC[C@@H]1[C@@H]2CC[C@]2(C)[C@H]1CC[C@]2(C)O. The van der Waals surface area contributed by atoms with Gasteiger partial charge in [0.25, 0.3) is 0 Å². The van der Waals surface area contributed by atoms with Crippen molar-refractivity contribution in [3.63, 3.8) is 0 Å². The standard InChI is InChI=1S/C21H32O2/c1-13-12-19(2)14(11-18(13)22)5-6-15-16(19)7-9-20(3)17(15)8-10-21(20,4)23/h11,13,15-17,23H,5-10,12H2,1-4H3/t13-,15-,16+,17+,19-,20-,21+/m1/s1. The highest BCUT2D eigenvalue weighted by molar-refractivity contribution is 5.93. The van der Waals surface area contributed by atoms with Crippen LogP contribution < -0.4 is 0 Å². The fourth-order valence-electron chi connectivity index (χ4n) is 7.14. The van der Waals surface area contributed by atoms with E-state index in [1.807, 2.05) is 6.08 Å². The minimum absolute atomic E-state index is 0.0991. The van der Waals surface area contributed by atoms with Crippen LogP contribution in [0.4, 0.5) is 0 Å². The molecule has 0 aromatic carbocycles. The van der Waals surface area contributed by atoms with Crippen molar-refractivity contribution in [3.05, 3.63) is 11.6 Å². The summed E-state index contributed by atoms with van der Waals surface area (Å²) in [6.45, 7) is 8.97. The number of fused-ring (bicyclic) bond motifs is 5. The summed E-state index contributed by atoms with van der Waals surface area (Å²) in [5.41, 5.74) is 1.28. The van der Waals surface area contributed by atoms with Crippen LogP contribution in [0.5, 0.6) is 0 Å². The molecule has 0 heterocycles. The van der Waals surface area contributed by atoms with Gasteiger partial charge in [0, 0.05) is 5.92 Å². The number of rotatable bonds is 0. The number of carbonyl (C=O) groups is 1. The van der Waals surface area contributed by atoms with E-state index in [0.29, 0.717) is 17.6 Å². The molecule has 0 bridgehead atoms. The monoisotopic (exact) mass is 316 g/mol. The number of carbonyl (C=O) groups excluding carboxylic acids is 1. The Bertz CT molecular complexity index is 574. The average molecular weight is 316 g/mol. The van der Waals surface area contributed by atoms with Crippen LogP contribution in [0.15, 0.2) is 11.6 Å². The number of hydrogen-bond donors (Lipinski definition) is 1. The van der Waals surface area contributed by atoms with E-state index >= 15 is 0 Å². The molecule has 0 radical (unpaired) electrons. The molecular weight excluding hydrogens is 284 g/mol. The highest BCUT2D eigenvalue weighted by atomic mass is 16.3. The molecule has 0 saturated heterocycles. The van der Waals surface area contributed by atoms with Gasteiger partial charge in [0.1, 0.15) is 0 Å². The van der Waals surface area contributed by atoms with E-state index in [-0.39, 0.29) is 16.7 Å². The topological polar surface area (TPSA) is 37.3 Å². The smallest absolute Gasteiger partial charge is 0.158 e. The molecule has 7 atom stereocenters. The Morgan fingerprint density at radius 3 is 2.52 bits per heavy atom. The third-order valence-corrected chi connectivity index (χ3v) is 8.83. The van der Waals surface area contributed by atoms with Crippen molar-refractivity contribution in [1.82, 2.24) is 0 Å². The van der Waals surface area contributed by atoms with E-state index in [1.165, 1.54) is 24.8 Å². The molecule has 3 saturated carbocycles. The molecular formula is C21H32O2. The van der Waals surface area contributed by atoms with E-state index in [2.05, 4.69) is 27.7 Å². The second-order valence-electron chi connectivity index (χ2n) is 9.78. The Morgan fingerprint density at radius 2 is 1.78 bits per heavy atom. The summed E-state index contributed by atoms with van der Waals surface area (Å²) in [4.78, 5) is 12.2. The zero-order valence-electron chi connectivity index (χ0n) is 15.2. The van der Waals surface area contributed by atoms with E-state index in [1.54, 1.807) is 0 Å². The molecule has 2 heteroatoms. The molecule has 2 nitrogen and oxygen atoms in total. The molecule has 0 spiro atoms. The lowest BCUT2D eigenvalue weighted by atomic mass is 9.46. The van der Waals surface area contributed by atoms with Gasteiger partial charge in [0.2, 0.25) is 0 Å². The summed E-state index contributed by atoms with van der Waals surface area (Å²) in [6, 6.07) is 0. The molecule has 0 unspecified atom stereocenters. The molecule has 128 valence electrons. The normalized spacial score (nSPS) is 55.7. The number of aliphatic hydroxyl groups is 1. The second kappa shape index (κ2) is 4.71. The van der Waals surface area contributed by atoms with Gasteiger partial charge in [-0.1, -0.05) is 26.3 Å². The first-order chi connectivity index (χ1) is 10.7. The number of hydrogen-bond acceptors (Lipinski definition) is 2. The lowest BCUT2D eigenvalue weighted by Crippen LogP contribution is -2.54. The van der Waals surface area contributed by atoms with Gasteiger partial charge in [0.15, 0.2) is 5.78 Å². The molecule has 0 aliphatic heterocycles. The molecule has 4 rings (SSSR count). The summed E-state index contributed by atoms with van der Waals surface area (Å²) in [5.74, 6) is 2.65. The fraction of sp³-hybridized carbons (Fsp3) is 0.857. The summed E-state index contributed by atoms with van der Waals surface area (Å²) in [5, 5.41) is 11.0. The third kappa shape index (κ3) is 1.94. The maximum Gasteiger partial charge on any atom is 0.158 e. The van der Waals surface area contributed by atoms with Gasteiger partial charge in [-0.25, -0.2) is 0 Å². The van der Waals surface area contributed by atoms with Crippen LogP contribution in [0.2, 0.25) is 0 Å². The summed E-state index contributed by atoms with van der Waals surface area (Å²) in [7, 11) is 0. The van der Waals surface area contributed by atoms with E-state index in [0.717, 1.165) is 31.6 Å². The van der Waals surface area contributed by atoms with Crippen molar-refractivity contribution >= 4 is 5.78 Å². The van der Waals surface area contributed by atoms with Gasteiger partial charge >= 0.3 is 0 Å². The Labute approximate surface area is 140 Å². The molecule has 4 aliphatic rings. The van der Waals surface area contributed by atoms with Crippen LogP contribution in [0.1, 0.15) is 72.6 Å². The first-order valence-electron chi connectivity index (χ1n) is 9.66. The van der Waals surface area contributed by atoms with E-state index in [4.69, 9.17) is 0 Å². The second-order valence-corrected chi connectivity index (χ2v) is 9.78. The van der Waals surface area contributed by atoms with Crippen LogP contribution in [0.3, 0.4) is 0 Å². The molecule has 0 aromatic rings. The van der Waals surface area contributed by atoms with Crippen LogP contribution in [0.25, 0.3) is 0 Å². The average Bonchev–Trinajstić information content (AvgIpc) is 2.71.